The predicted molar refractivity (Wildman–Crippen MR) is 78.2 cm³/mol. The van der Waals surface area contributed by atoms with E-state index < -0.39 is 22.6 Å². The van der Waals surface area contributed by atoms with Crippen molar-refractivity contribution in [3.63, 3.8) is 0 Å². The largest absolute Gasteiger partial charge is 0.444 e. The minimum atomic E-state index is -0.596. The Hall–Kier alpha value is -0.950. The Morgan fingerprint density at radius 2 is 1.90 bits per heavy atom. The third kappa shape index (κ3) is 3.79. The highest BCUT2D eigenvalue weighted by Crippen LogP contribution is 2.40. The van der Waals surface area contributed by atoms with Gasteiger partial charge in [0.05, 0.1) is 12.0 Å². The molecule has 1 heterocycles. The van der Waals surface area contributed by atoms with Gasteiger partial charge in [0.15, 0.2) is 0 Å². The molecule has 0 bridgehead atoms. The van der Waals surface area contributed by atoms with Gasteiger partial charge in [0.1, 0.15) is 11.6 Å². The molecule has 0 aliphatic carbocycles. The lowest BCUT2D eigenvalue weighted by Gasteiger charge is -2.36. The number of thioether (sulfide) groups is 1. The molecule has 1 aliphatic rings. The van der Waals surface area contributed by atoms with Gasteiger partial charge in [-0.25, -0.2) is 9.86 Å². The molecular weight excluding hydrogens is 280 g/mol. The number of ether oxygens (including phenoxy) is 1. The molecule has 20 heavy (non-hydrogen) atoms. The van der Waals surface area contributed by atoms with E-state index in [9.17, 15) is 9.59 Å². The molecule has 2 amide bonds. The van der Waals surface area contributed by atoms with Crippen LogP contribution >= 0.6 is 11.8 Å². The smallest absolute Gasteiger partial charge is 0.412 e. The fourth-order valence-corrected chi connectivity index (χ4v) is 3.14. The summed E-state index contributed by atoms with van der Waals surface area (Å²) in [5, 5.41) is 1.14. The fraction of sp³-hybridized carbons (Fsp3) is 0.846. The second kappa shape index (κ2) is 5.81. The Bertz CT molecular complexity index is 392. The van der Waals surface area contributed by atoms with Crippen molar-refractivity contribution in [2.75, 3.05) is 19.9 Å². The van der Waals surface area contributed by atoms with E-state index in [0.29, 0.717) is 5.75 Å². The van der Waals surface area contributed by atoms with Crippen LogP contribution in [0.25, 0.3) is 0 Å². The third-order valence-corrected chi connectivity index (χ3v) is 4.33. The highest BCUT2D eigenvalue weighted by molar-refractivity contribution is 8.00. The maximum atomic E-state index is 12.4. The van der Waals surface area contributed by atoms with Crippen LogP contribution in [0, 0.1) is 0 Å². The Labute approximate surface area is 124 Å². The zero-order valence-corrected chi connectivity index (χ0v) is 14.0. The summed E-state index contributed by atoms with van der Waals surface area (Å²) in [7, 11) is 2.95. The van der Waals surface area contributed by atoms with Gasteiger partial charge in [0, 0.05) is 12.8 Å². The molecule has 1 saturated heterocycles. The zero-order chi connectivity index (χ0) is 15.7. The molecule has 1 rings (SSSR count). The normalized spacial score (nSPS) is 21.8. The quantitative estimate of drug-likeness (QED) is 0.731. The van der Waals surface area contributed by atoms with Crippen molar-refractivity contribution in [3.05, 3.63) is 0 Å². The average Bonchev–Trinajstić information content (AvgIpc) is 2.60. The van der Waals surface area contributed by atoms with Gasteiger partial charge in [-0.3, -0.25) is 14.5 Å². The number of hydrogen-bond donors (Lipinski definition) is 0. The second-order valence-corrected chi connectivity index (χ2v) is 7.76. The number of hydrogen-bond acceptors (Lipinski definition) is 5. The maximum absolute atomic E-state index is 12.4. The Morgan fingerprint density at radius 3 is 2.35 bits per heavy atom. The topological polar surface area (TPSA) is 59.1 Å². The van der Waals surface area contributed by atoms with Crippen LogP contribution in [-0.4, -0.2) is 58.4 Å². The maximum Gasteiger partial charge on any atom is 0.412 e. The molecule has 7 heteroatoms. The summed E-state index contributed by atoms with van der Waals surface area (Å²) in [4.78, 5) is 30.6. The predicted octanol–water partition coefficient (Wildman–Crippen LogP) is 2.09. The first-order valence-corrected chi connectivity index (χ1v) is 7.46. The number of hydroxylamine groups is 2. The molecule has 0 N–H and O–H groups in total. The molecule has 0 aromatic heterocycles. The monoisotopic (exact) mass is 304 g/mol. The van der Waals surface area contributed by atoms with Gasteiger partial charge in [0.2, 0.25) is 0 Å². The molecule has 1 atom stereocenters. The summed E-state index contributed by atoms with van der Waals surface area (Å²) in [6, 6.07) is -0.574. The fourth-order valence-electron chi connectivity index (χ4n) is 1.94. The van der Waals surface area contributed by atoms with Gasteiger partial charge in [-0.15, -0.1) is 11.8 Å². The summed E-state index contributed by atoms with van der Waals surface area (Å²) < 4.78 is 5.41. The van der Waals surface area contributed by atoms with E-state index >= 15 is 0 Å². The molecule has 0 radical (unpaired) electrons. The third-order valence-electron chi connectivity index (χ3n) is 2.95. The van der Waals surface area contributed by atoms with Crippen LogP contribution in [0.15, 0.2) is 0 Å². The number of amides is 2. The summed E-state index contributed by atoms with van der Waals surface area (Å²) in [5.74, 6) is 0.273. The summed E-state index contributed by atoms with van der Waals surface area (Å²) in [6.07, 6.45) is -0.477. The number of nitrogens with zero attached hydrogens (tertiary/aromatic N) is 2. The van der Waals surface area contributed by atoms with Crippen molar-refractivity contribution in [3.8, 4) is 0 Å². The van der Waals surface area contributed by atoms with Crippen LogP contribution in [0.3, 0.4) is 0 Å². The number of carbonyl (C=O) groups is 2. The van der Waals surface area contributed by atoms with E-state index in [1.165, 1.54) is 19.1 Å². The number of carbonyl (C=O) groups excluding carboxylic acids is 2. The first kappa shape index (κ1) is 17.1. The van der Waals surface area contributed by atoms with Gasteiger partial charge >= 0.3 is 6.09 Å². The highest BCUT2D eigenvalue weighted by Gasteiger charge is 2.49. The Kier molecular flexibility index (Phi) is 4.97. The lowest BCUT2D eigenvalue weighted by molar-refractivity contribution is -0.173. The number of likely N-dealkylation sites (N-methyl/N-ethyl adjacent to an activating group) is 1. The van der Waals surface area contributed by atoms with Crippen LogP contribution in [0.2, 0.25) is 0 Å². The van der Waals surface area contributed by atoms with Crippen LogP contribution in [0.1, 0.15) is 34.6 Å². The van der Waals surface area contributed by atoms with Gasteiger partial charge in [-0.05, 0) is 34.6 Å². The minimum Gasteiger partial charge on any atom is -0.444 e. The molecule has 0 saturated carbocycles. The van der Waals surface area contributed by atoms with Gasteiger partial charge < -0.3 is 4.74 Å². The van der Waals surface area contributed by atoms with Crippen LogP contribution < -0.4 is 0 Å². The van der Waals surface area contributed by atoms with Crippen LogP contribution in [0.5, 0.6) is 0 Å². The molecule has 6 nitrogen and oxygen atoms in total. The number of rotatable bonds is 2. The molecule has 0 aromatic carbocycles. The SMILES string of the molecule is CON(C)C(=O)[C@H]1CSC(C)(C)N1C(=O)OC(C)(C)C. The first-order valence-electron chi connectivity index (χ1n) is 6.47. The molecule has 0 unspecified atom stereocenters. The van der Waals surface area contributed by atoms with E-state index in [4.69, 9.17) is 9.57 Å². The summed E-state index contributed by atoms with van der Waals surface area (Å²) in [5.41, 5.74) is -0.596. The van der Waals surface area contributed by atoms with E-state index in [1.54, 1.807) is 32.5 Å². The Morgan fingerprint density at radius 1 is 1.35 bits per heavy atom. The molecule has 0 aromatic rings. The van der Waals surface area contributed by atoms with E-state index in [1.807, 2.05) is 13.8 Å². The standard InChI is InChI=1S/C13H24N2O4S/c1-12(2,3)19-11(17)15-9(8-20-13(15,4)5)10(16)14(6)18-7/h9H,8H2,1-7H3/t9-/m1/s1. The van der Waals surface area contributed by atoms with Gasteiger partial charge in [0.25, 0.3) is 5.91 Å². The molecule has 116 valence electrons. The van der Waals surface area contributed by atoms with Crippen LogP contribution in [-0.2, 0) is 14.4 Å². The molecule has 0 spiro atoms. The average molecular weight is 304 g/mol. The van der Waals surface area contributed by atoms with E-state index in [2.05, 4.69) is 0 Å². The van der Waals surface area contributed by atoms with Crippen molar-refractivity contribution in [1.29, 1.82) is 0 Å². The van der Waals surface area contributed by atoms with Gasteiger partial charge in [-0.1, -0.05) is 0 Å². The minimum absolute atomic E-state index is 0.253. The molecule has 1 aliphatic heterocycles. The Balaban J connectivity index is 2.97. The molecule has 1 fully saturated rings. The molecular formula is C13H24N2O4S. The summed E-state index contributed by atoms with van der Waals surface area (Å²) >= 11 is 1.55. The van der Waals surface area contributed by atoms with Crippen molar-refractivity contribution >= 4 is 23.8 Å². The highest BCUT2D eigenvalue weighted by atomic mass is 32.2. The van der Waals surface area contributed by atoms with Crippen LogP contribution in [0.4, 0.5) is 4.79 Å². The van der Waals surface area contributed by atoms with E-state index in [-0.39, 0.29) is 5.91 Å². The van der Waals surface area contributed by atoms with Crippen molar-refractivity contribution in [2.24, 2.45) is 0 Å². The van der Waals surface area contributed by atoms with Gasteiger partial charge in [-0.2, -0.15) is 0 Å². The van der Waals surface area contributed by atoms with Crippen molar-refractivity contribution in [1.82, 2.24) is 9.96 Å². The lowest BCUT2D eigenvalue weighted by atomic mass is 10.2. The lowest BCUT2D eigenvalue weighted by Crippen LogP contribution is -2.54. The first-order chi connectivity index (χ1) is 8.99. The summed E-state index contributed by atoms with van der Waals surface area (Å²) in [6.45, 7) is 9.22. The van der Waals surface area contributed by atoms with Crippen molar-refractivity contribution < 1.29 is 19.2 Å². The van der Waals surface area contributed by atoms with Crippen molar-refractivity contribution in [2.45, 2.75) is 51.1 Å². The zero-order valence-electron chi connectivity index (χ0n) is 13.2. The van der Waals surface area contributed by atoms with E-state index in [0.717, 1.165) is 5.06 Å². The second-order valence-electron chi connectivity index (χ2n) is 6.14.